The molecule has 0 saturated carbocycles. The Labute approximate surface area is 113 Å². The molecule has 1 atom stereocenters. The maximum Gasteiger partial charge on any atom is 0.129 e. The minimum atomic E-state index is 0.238. The smallest absolute Gasteiger partial charge is 0.129 e. The standard InChI is InChI=1S/C12H14BrN3S/c1-7-11(17-9(3)15-7)8(2)16-10-5-4-6-14-12(10)13/h4-6,8,16H,1-3H3. The van der Waals surface area contributed by atoms with Gasteiger partial charge in [-0.25, -0.2) is 9.97 Å². The van der Waals surface area contributed by atoms with E-state index in [0.29, 0.717) is 0 Å². The molecule has 0 aliphatic carbocycles. The van der Waals surface area contributed by atoms with Crippen molar-refractivity contribution in [1.82, 2.24) is 9.97 Å². The fraction of sp³-hybridized carbons (Fsp3) is 0.333. The van der Waals surface area contributed by atoms with Crippen LogP contribution in [0.4, 0.5) is 5.69 Å². The van der Waals surface area contributed by atoms with Crippen LogP contribution in [0.15, 0.2) is 22.9 Å². The second-order valence-corrected chi connectivity index (χ2v) is 5.88. The van der Waals surface area contributed by atoms with E-state index >= 15 is 0 Å². The molecule has 2 rings (SSSR count). The lowest BCUT2D eigenvalue weighted by atomic mass is 10.2. The Balaban J connectivity index is 2.20. The van der Waals surface area contributed by atoms with E-state index in [-0.39, 0.29) is 6.04 Å². The average molecular weight is 312 g/mol. The molecule has 0 radical (unpaired) electrons. The van der Waals surface area contributed by atoms with Crippen molar-refractivity contribution in [1.29, 1.82) is 0 Å². The first-order chi connectivity index (χ1) is 8.08. The van der Waals surface area contributed by atoms with E-state index in [1.807, 2.05) is 19.1 Å². The molecule has 1 unspecified atom stereocenters. The number of pyridine rings is 1. The van der Waals surface area contributed by atoms with Gasteiger partial charge >= 0.3 is 0 Å². The van der Waals surface area contributed by atoms with Crippen LogP contribution in [0.2, 0.25) is 0 Å². The van der Waals surface area contributed by atoms with E-state index in [4.69, 9.17) is 0 Å². The number of hydrogen-bond donors (Lipinski definition) is 1. The highest BCUT2D eigenvalue weighted by Gasteiger charge is 2.13. The molecular weight excluding hydrogens is 298 g/mol. The second kappa shape index (κ2) is 5.14. The van der Waals surface area contributed by atoms with Gasteiger partial charge in [-0.3, -0.25) is 0 Å². The molecule has 1 N–H and O–H groups in total. The molecule has 17 heavy (non-hydrogen) atoms. The van der Waals surface area contributed by atoms with Gasteiger partial charge in [0.05, 0.1) is 22.4 Å². The van der Waals surface area contributed by atoms with Gasteiger partial charge in [0.15, 0.2) is 0 Å². The molecule has 0 fully saturated rings. The number of hydrogen-bond acceptors (Lipinski definition) is 4. The lowest BCUT2D eigenvalue weighted by Gasteiger charge is -2.14. The number of aryl methyl sites for hydroxylation is 2. The van der Waals surface area contributed by atoms with Crippen molar-refractivity contribution >= 4 is 33.0 Å². The predicted octanol–water partition coefficient (Wildman–Crippen LogP) is 4.09. The first-order valence-electron chi connectivity index (χ1n) is 5.39. The van der Waals surface area contributed by atoms with Crippen molar-refractivity contribution < 1.29 is 0 Å². The van der Waals surface area contributed by atoms with Crippen LogP contribution >= 0.6 is 27.3 Å². The van der Waals surface area contributed by atoms with Gasteiger partial charge in [0.25, 0.3) is 0 Å². The van der Waals surface area contributed by atoms with Gasteiger partial charge < -0.3 is 5.32 Å². The Hall–Kier alpha value is -0.940. The minimum absolute atomic E-state index is 0.238. The number of halogens is 1. The largest absolute Gasteiger partial charge is 0.375 e. The van der Waals surface area contributed by atoms with Gasteiger partial charge in [-0.15, -0.1) is 11.3 Å². The van der Waals surface area contributed by atoms with E-state index in [9.17, 15) is 0 Å². The molecule has 0 saturated heterocycles. The van der Waals surface area contributed by atoms with Crippen LogP contribution in [-0.2, 0) is 0 Å². The summed E-state index contributed by atoms with van der Waals surface area (Å²) in [4.78, 5) is 9.92. The molecule has 2 heterocycles. The van der Waals surface area contributed by atoms with Gasteiger partial charge in [-0.2, -0.15) is 0 Å². The summed E-state index contributed by atoms with van der Waals surface area (Å²) in [6, 6.07) is 4.17. The van der Waals surface area contributed by atoms with E-state index in [2.05, 4.69) is 45.1 Å². The summed E-state index contributed by atoms with van der Waals surface area (Å²) in [5.74, 6) is 0. The topological polar surface area (TPSA) is 37.8 Å². The zero-order valence-corrected chi connectivity index (χ0v) is 12.4. The fourth-order valence-electron chi connectivity index (χ4n) is 1.74. The molecule has 2 aromatic heterocycles. The first kappa shape index (κ1) is 12.5. The molecule has 0 aromatic carbocycles. The Morgan fingerprint density at radius 1 is 1.41 bits per heavy atom. The molecule has 0 aliphatic rings. The number of aromatic nitrogens is 2. The third-order valence-electron chi connectivity index (χ3n) is 2.46. The highest BCUT2D eigenvalue weighted by molar-refractivity contribution is 9.10. The van der Waals surface area contributed by atoms with Crippen LogP contribution in [0, 0.1) is 13.8 Å². The third kappa shape index (κ3) is 2.84. The Morgan fingerprint density at radius 3 is 2.76 bits per heavy atom. The zero-order valence-electron chi connectivity index (χ0n) is 9.99. The molecule has 0 amide bonds. The Morgan fingerprint density at radius 2 is 2.18 bits per heavy atom. The number of thiazole rings is 1. The van der Waals surface area contributed by atoms with Gasteiger partial charge in [0, 0.05) is 11.1 Å². The van der Waals surface area contributed by atoms with E-state index < -0.39 is 0 Å². The van der Waals surface area contributed by atoms with Gasteiger partial charge in [0.2, 0.25) is 0 Å². The summed E-state index contributed by atoms with van der Waals surface area (Å²) in [6.07, 6.45) is 1.77. The first-order valence-corrected chi connectivity index (χ1v) is 7.00. The second-order valence-electron chi connectivity index (χ2n) is 3.89. The quantitative estimate of drug-likeness (QED) is 0.868. The van der Waals surface area contributed by atoms with E-state index in [1.54, 1.807) is 17.5 Å². The molecule has 0 spiro atoms. The Kier molecular flexibility index (Phi) is 3.79. The maximum absolute atomic E-state index is 4.45. The van der Waals surface area contributed by atoms with Crippen LogP contribution in [0.25, 0.3) is 0 Å². The highest BCUT2D eigenvalue weighted by Crippen LogP contribution is 2.29. The van der Waals surface area contributed by atoms with Crippen LogP contribution < -0.4 is 5.32 Å². The highest BCUT2D eigenvalue weighted by atomic mass is 79.9. The molecule has 0 bridgehead atoms. The van der Waals surface area contributed by atoms with Crippen molar-refractivity contribution in [3.05, 3.63) is 38.5 Å². The van der Waals surface area contributed by atoms with E-state index in [1.165, 1.54) is 4.88 Å². The zero-order chi connectivity index (χ0) is 12.4. The number of anilines is 1. The summed E-state index contributed by atoms with van der Waals surface area (Å²) < 4.78 is 0.839. The van der Waals surface area contributed by atoms with Gasteiger partial charge in [0.1, 0.15) is 4.60 Å². The average Bonchev–Trinajstić information content (AvgIpc) is 2.61. The van der Waals surface area contributed by atoms with Crippen molar-refractivity contribution in [3.8, 4) is 0 Å². The number of rotatable bonds is 3. The van der Waals surface area contributed by atoms with Gasteiger partial charge in [-0.1, -0.05) is 0 Å². The minimum Gasteiger partial charge on any atom is -0.375 e. The normalized spacial score (nSPS) is 12.5. The van der Waals surface area contributed by atoms with Crippen LogP contribution in [0.1, 0.15) is 28.5 Å². The maximum atomic E-state index is 4.45. The van der Waals surface area contributed by atoms with Crippen LogP contribution in [-0.4, -0.2) is 9.97 Å². The van der Waals surface area contributed by atoms with Crippen LogP contribution in [0.5, 0.6) is 0 Å². The van der Waals surface area contributed by atoms with Crippen molar-refractivity contribution in [2.45, 2.75) is 26.8 Å². The third-order valence-corrected chi connectivity index (χ3v) is 4.35. The van der Waals surface area contributed by atoms with Crippen molar-refractivity contribution in [3.63, 3.8) is 0 Å². The molecule has 90 valence electrons. The fourth-order valence-corrected chi connectivity index (χ4v) is 3.04. The lowest BCUT2D eigenvalue weighted by Crippen LogP contribution is -2.07. The number of nitrogens with one attached hydrogen (secondary N) is 1. The summed E-state index contributed by atoms with van der Waals surface area (Å²) in [5.41, 5.74) is 2.11. The summed E-state index contributed by atoms with van der Waals surface area (Å²) >= 11 is 5.17. The van der Waals surface area contributed by atoms with Crippen LogP contribution in [0.3, 0.4) is 0 Å². The summed E-state index contributed by atoms with van der Waals surface area (Å²) in [7, 11) is 0. The Bertz CT molecular complexity index is 524. The van der Waals surface area contributed by atoms with E-state index in [0.717, 1.165) is 21.0 Å². The molecule has 3 nitrogen and oxygen atoms in total. The monoisotopic (exact) mass is 311 g/mol. The van der Waals surface area contributed by atoms with Crippen molar-refractivity contribution in [2.24, 2.45) is 0 Å². The summed E-state index contributed by atoms with van der Waals surface area (Å²) in [6.45, 7) is 6.22. The molecular formula is C12H14BrN3S. The van der Waals surface area contributed by atoms with Crippen molar-refractivity contribution in [2.75, 3.05) is 5.32 Å². The SMILES string of the molecule is Cc1nc(C)c(C(C)Nc2cccnc2Br)s1. The molecule has 0 aliphatic heterocycles. The summed E-state index contributed by atoms with van der Waals surface area (Å²) in [5, 5.41) is 4.55. The lowest BCUT2D eigenvalue weighted by molar-refractivity contribution is 0.886. The van der Waals surface area contributed by atoms with Gasteiger partial charge in [-0.05, 0) is 48.8 Å². The number of nitrogens with zero attached hydrogens (tertiary/aromatic N) is 2. The molecule has 2 aromatic rings. The molecule has 5 heteroatoms. The predicted molar refractivity (Wildman–Crippen MR) is 75.6 cm³/mol.